The molecule has 0 unspecified atom stereocenters. The number of hydrogen-bond donors (Lipinski definition) is 0. The molecule has 0 aliphatic heterocycles. The minimum Gasteiger partial charge on any atom is -0.391 e. The highest BCUT2D eigenvalue weighted by molar-refractivity contribution is 5.79. The van der Waals surface area contributed by atoms with Crippen molar-refractivity contribution in [3.63, 3.8) is 0 Å². The largest absolute Gasteiger partial charge is 0.391 e. The summed E-state index contributed by atoms with van der Waals surface area (Å²) in [5.74, 6) is 0. The van der Waals surface area contributed by atoms with Crippen LogP contribution < -0.4 is 0 Å². The van der Waals surface area contributed by atoms with E-state index in [2.05, 4.69) is 5.16 Å². The Morgan fingerprint density at radius 3 is 2.58 bits per heavy atom. The number of hydrogen-bond acceptors (Lipinski definition) is 6. The molecule has 8 heteroatoms. The number of nitro groups is 2. The standard InChI is InChI=1S/C16H13N3O5/c20-18(21)15-8-3-5-13(11-15)12-24-17-10-4-7-14-6-1-2-9-16(14)19(22)23/h1-11H,12H2/b7-4+,17-10-. The summed E-state index contributed by atoms with van der Waals surface area (Å²) >= 11 is 0. The van der Waals surface area contributed by atoms with Crippen LogP contribution in [0, 0.1) is 20.2 Å². The van der Waals surface area contributed by atoms with Gasteiger partial charge in [0, 0.05) is 18.2 Å². The number of para-hydroxylation sites is 1. The Labute approximate surface area is 137 Å². The highest BCUT2D eigenvalue weighted by atomic mass is 16.6. The second-order valence-electron chi connectivity index (χ2n) is 4.63. The third kappa shape index (κ3) is 4.73. The van der Waals surface area contributed by atoms with Gasteiger partial charge >= 0.3 is 0 Å². The van der Waals surface area contributed by atoms with Gasteiger partial charge in [0.2, 0.25) is 0 Å². The molecule has 0 amide bonds. The monoisotopic (exact) mass is 327 g/mol. The molecule has 0 heterocycles. The van der Waals surface area contributed by atoms with Crippen molar-refractivity contribution in [1.82, 2.24) is 0 Å². The maximum absolute atomic E-state index is 10.9. The molecule has 0 N–H and O–H groups in total. The Hall–Kier alpha value is -3.55. The first-order valence-corrected chi connectivity index (χ1v) is 6.86. The lowest BCUT2D eigenvalue weighted by atomic mass is 10.2. The Morgan fingerprint density at radius 1 is 1.04 bits per heavy atom. The highest BCUT2D eigenvalue weighted by Gasteiger charge is 2.08. The summed E-state index contributed by atoms with van der Waals surface area (Å²) in [6.45, 7) is 0.0809. The van der Waals surface area contributed by atoms with E-state index in [-0.39, 0.29) is 18.0 Å². The molecule has 0 aromatic heterocycles. The molecular formula is C16H13N3O5. The summed E-state index contributed by atoms with van der Waals surface area (Å²) in [6, 6.07) is 12.4. The van der Waals surface area contributed by atoms with Gasteiger partial charge in [-0.1, -0.05) is 29.4 Å². The van der Waals surface area contributed by atoms with E-state index >= 15 is 0 Å². The molecule has 0 saturated carbocycles. The van der Waals surface area contributed by atoms with Gasteiger partial charge in [0.05, 0.1) is 21.6 Å². The van der Waals surface area contributed by atoms with Crippen molar-refractivity contribution >= 4 is 23.7 Å². The third-order valence-electron chi connectivity index (χ3n) is 2.98. The number of non-ortho nitro benzene ring substituents is 1. The van der Waals surface area contributed by atoms with Crippen molar-refractivity contribution in [3.05, 3.63) is 86.0 Å². The van der Waals surface area contributed by atoms with E-state index < -0.39 is 9.85 Å². The summed E-state index contributed by atoms with van der Waals surface area (Å²) in [7, 11) is 0. The zero-order valence-corrected chi connectivity index (χ0v) is 12.4. The predicted molar refractivity (Wildman–Crippen MR) is 88.5 cm³/mol. The minimum absolute atomic E-state index is 0.000312. The van der Waals surface area contributed by atoms with Crippen molar-refractivity contribution in [2.24, 2.45) is 5.16 Å². The van der Waals surface area contributed by atoms with Gasteiger partial charge < -0.3 is 4.84 Å². The van der Waals surface area contributed by atoms with Crippen molar-refractivity contribution in [1.29, 1.82) is 0 Å². The fourth-order valence-corrected chi connectivity index (χ4v) is 1.89. The van der Waals surface area contributed by atoms with Crippen LogP contribution in [0.3, 0.4) is 0 Å². The first-order chi connectivity index (χ1) is 11.6. The lowest BCUT2D eigenvalue weighted by Crippen LogP contribution is -1.91. The molecule has 8 nitrogen and oxygen atoms in total. The second kappa shape index (κ2) is 8.18. The predicted octanol–water partition coefficient (Wildman–Crippen LogP) is 3.72. The molecule has 0 bridgehead atoms. The summed E-state index contributed by atoms with van der Waals surface area (Å²) < 4.78 is 0. The van der Waals surface area contributed by atoms with Crippen LogP contribution in [0.2, 0.25) is 0 Å². The van der Waals surface area contributed by atoms with Crippen LogP contribution in [-0.4, -0.2) is 16.1 Å². The zero-order chi connectivity index (χ0) is 17.4. The molecule has 0 aliphatic carbocycles. The average molecular weight is 327 g/mol. The molecule has 0 atom stereocenters. The maximum Gasteiger partial charge on any atom is 0.276 e. The second-order valence-corrected chi connectivity index (χ2v) is 4.63. The summed E-state index contributed by atoms with van der Waals surface area (Å²) in [6.07, 6.45) is 4.39. The van der Waals surface area contributed by atoms with Crippen LogP contribution in [-0.2, 0) is 11.4 Å². The smallest absolute Gasteiger partial charge is 0.276 e. The van der Waals surface area contributed by atoms with E-state index in [9.17, 15) is 20.2 Å². The molecule has 0 radical (unpaired) electrons. The van der Waals surface area contributed by atoms with Crippen molar-refractivity contribution in [3.8, 4) is 0 Å². The molecule has 0 fully saturated rings. The Bertz CT molecular complexity index is 802. The van der Waals surface area contributed by atoms with Crippen LogP contribution in [0.5, 0.6) is 0 Å². The topological polar surface area (TPSA) is 108 Å². The van der Waals surface area contributed by atoms with Crippen LogP contribution in [0.25, 0.3) is 6.08 Å². The third-order valence-corrected chi connectivity index (χ3v) is 2.98. The van der Waals surface area contributed by atoms with Crippen LogP contribution in [0.15, 0.2) is 59.8 Å². The van der Waals surface area contributed by atoms with E-state index in [0.717, 1.165) is 0 Å². The average Bonchev–Trinajstić information content (AvgIpc) is 2.58. The van der Waals surface area contributed by atoms with Gasteiger partial charge in [0.25, 0.3) is 11.4 Å². The van der Waals surface area contributed by atoms with Gasteiger partial charge in [-0.2, -0.15) is 0 Å². The van der Waals surface area contributed by atoms with Gasteiger partial charge in [-0.05, 0) is 23.8 Å². The molecule has 24 heavy (non-hydrogen) atoms. The molecule has 2 aromatic rings. The quantitative estimate of drug-likeness (QED) is 0.437. The van der Waals surface area contributed by atoms with Crippen molar-refractivity contribution < 1.29 is 14.7 Å². The lowest BCUT2D eigenvalue weighted by molar-refractivity contribution is -0.385. The Morgan fingerprint density at radius 2 is 1.83 bits per heavy atom. The van der Waals surface area contributed by atoms with Gasteiger partial charge in [0.1, 0.15) is 6.61 Å². The van der Waals surface area contributed by atoms with E-state index in [1.807, 2.05) is 0 Å². The number of nitrogens with zero attached hydrogens (tertiary/aromatic N) is 3. The summed E-state index contributed by atoms with van der Waals surface area (Å²) in [5, 5.41) is 25.2. The summed E-state index contributed by atoms with van der Waals surface area (Å²) in [4.78, 5) is 25.6. The number of rotatable bonds is 7. The van der Waals surface area contributed by atoms with E-state index in [1.54, 1.807) is 36.4 Å². The van der Waals surface area contributed by atoms with E-state index in [1.165, 1.54) is 30.5 Å². The van der Waals surface area contributed by atoms with Gasteiger partial charge in [0.15, 0.2) is 0 Å². The maximum atomic E-state index is 10.9. The molecule has 122 valence electrons. The van der Waals surface area contributed by atoms with Crippen LogP contribution in [0.1, 0.15) is 11.1 Å². The number of nitro benzene ring substituents is 2. The Balaban J connectivity index is 1.90. The molecule has 2 rings (SSSR count). The number of allylic oxidation sites excluding steroid dienone is 1. The molecular weight excluding hydrogens is 314 g/mol. The van der Waals surface area contributed by atoms with Crippen molar-refractivity contribution in [2.75, 3.05) is 0 Å². The first kappa shape index (κ1) is 16.8. The number of oxime groups is 1. The lowest BCUT2D eigenvalue weighted by Gasteiger charge is -1.99. The fourth-order valence-electron chi connectivity index (χ4n) is 1.89. The van der Waals surface area contributed by atoms with Crippen molar-refractivity contribution in [2.45, 2.75) is 6.61 Å². The minimum atomic E-state index is -0.484. The zero-order valence-electron chi connectivity index (χ0n) is 12.4. The number of benzene rings is 2. The van der Waals surface area contributed by atoms with Crippen LogP contribution >= 0.6 is 0 Å². The van der Waals surface area contributed by atoms with Gasteiger partial charge in [-0.15, -0.1) is 0 Å². The van der Waals surface area contributed by atoms with E-state index in [0.29, 0.717) is 11.1 Å². The normalized spacial score (nSPS) is 11.0. The van der Waals surface area contributed by atoms with Gasteiger partial charge in [-0.25, -0.2) is 0 Å². The first-order valence-electron chi connectivity index (χ1n) is 6.86. The molecule has 0 aliphatic rings. The fraction of sp³-hybridized carbons (Fsp3) is 0.0625. The highest BCUT2D eigenvalue weighted by Crippen LogP contribution is 2.18. The molecule has 0 saturated heterocycles. The summed E-state index contributed by atoms with van der Waals surface area (Å²) in [5.41, 5.74) is 1.05. The molecule has 0 spiro atoms. The van der Waals surface area contributed by atoms with Gasteiger partial charge in [-0.3, -0.25) is 20.2 Å². The SMILES string of the molecule is O=[N+]([O-])c1cccc(CO/N=C\C=C\c2ccccc2[N+](=O)[O-])c1. The molecule has 2 aromatic carbocycles. The van der Waals surface area contributed by atoms with E-state index in [4.69, 9.17) is 4.84 Å². The Kier molecular flexibility index (Phi) is 5.73. The van der Waals surface area contributed by atoms with Crippen LogP contribution in [0.4, 0.5) is 11.4 Å².